The second-order valence-corrected chi connectivity index (χ2v) is 13.5. The summed E-state index contributed by atoms with van der Waals surface area (Å²) in [6, 6.07) is 26.3. The smallest absolute Gasteiger partial charge is 0.263 e. The van der Waals surface area contributed by atoms with Crippen molar-refractivity contribution in [2.45, 2.75) is 34.6 Å². The molecule has 6 rings (SSSR count). The van der Waals surface area contributed by atoms with Crippen molar-refractivity contribution >= 4 is 47.9 Å². The van der Waals surface area contributed by atoms with E-state index in [0.717, 1.165) is 35.4 Å². The predicted molar refractivity (Wildman–Crippen MR) is 159 cm³/mol. The molecule has 42 heavy (non-hydrogen) atoms. The Kier molecular flexibility index (Phi) is 6.78. The van der Waals surface area contributed by atoms with E-state index in [1.165, 1.54) is 12.1 Å². The standard InChI is InChI=1S/C31H25FN4O4S2/c1-20-12-16-24(17-13-20)41(37,38)29-28-30(34-27-11-7-6-10-26(27)33-28)36(21(2)22-8-4-3-5-9-22)31(29)35-42(39,40)25-18-14-23(32)15-19-25/h3-19,21,35H,1-2H3/t21-/m1/s1. The molecule has 212 valence electrons. The van der Waals surface area contributed by atoms with Crippen LogP contribution in [0.15, 0.2) is 118 Å². The molecule has 0 saturated heterocycles. The Bertz CT molecular complexity index is 2170. The number of nitrogens with zero attached hydrogens (tertiary/aromatic N) is 3. The van der Waals surface area contributed by atoms with Gasteiger partial charge in [-0.15, -0.1) is 0 Å². The summed E-state index contributed by atoms with van der Waals surface area (Å²) in [4.78, 5) is 8.91. The van der Waals surface area contributed by atoms with Crippen LogP contribution in [0.25, 0.3) is 22.2 Å². The zero-order valence-electron chi connectivity index (χ0n) is 22.6. The van der Waals surface area contributed by atoms with Crippen molar-refractivity contribution in [1.29, 1.82) is 0 Å². The minimum atomic E-state index is -4.39. The van der Waals surface area contributed by atoms with Crippen LogP contribution in [0.5, 0.6) is 0 Å². The van der Waals surface area contributed by atoms with Gasteiger partial charge in [-0.2, -0.15) is 0 Å². The maximum atomic E-state index is 14.4. The van der Waals surface area contributed by atoms with Gasteiger partial charge in [0.15, 0.2) is 5.65 Å². The first-order chi connectivity index (χ1) is 20.1. The van der Waals surface area contributed by atoms with E-state index in [-0.39, 0.29) is 31.7 Å². The Labute approximate surface area is 242 Å². The molecule has 0 bridgehead atoms. The van der Waals surface area contributed by atoms with Crippen molar-refractivity contribution in [3.05, 3.63) is 120 Å². The molecular weight excluding hydrogens is 575 g/mol. The fraction of sp³-hybridized carbons (Fsp3) is 0.0968. The number of hydrogen-bond donors (Lipinski definition) is 1. The van der Waals surface area contributed by atoms with Crippen molar-refractivity contribution < 1.29 is 21.2 Å². The molecule has 0 aliphatic heterocycles. The molecule has 4 aromatic carbocycles. The molecule has 0 amide bonds. The normalized spacial score (nSPS) is 12.9. The molecule has 2 aromatic heterocycles. The van der Waals surface area contributed by atoms with Crippen LogP contribution in [-0.4, -0.2) is 31.4 Å². The van der Waals surface area contributed by atoms with Gasteiger partial charge in [0.1, 0.15) is 22.0 Å². The van der Waals surface area contributed by atoms with Gasteiger partial charge in [-0.1, -0.05) is 60.2 Å². The number of anilines is 1. The second kappa shape index (κ2) is 10.3. The number of aromatic nitrogens is 3. The summed E-state index contributed by atoms with van der Waals surface area (Å²) >= 11 is 0. The van der Waals surface area contributed by atoms with Gasteiger partial charge in [-0.05, 0) is 67.9 Å². The molecule has 2 heterocycles. The van der Waals surface area contributed by atoms with Crippen molar-refractivity contribution in [2.24, 2.45) is 0 Å². The van der Waals surface area contributed by atoms with Gasteiger partial charge in [0.2, 0.25) is 9.84 Å². The molecule has 0 saturated carbocycles. The molecule has 1 N–H and O–H groups in total. The van der Waals surface area contributed by atoms with Gasteiger partial charge < -0.3 is 4.57 Å². The molecule has 1 atom stereocenters. The maximum Gasteiger partial charge on any atom is 0.263 e. The minimum absolute atomic E-state index is 0.0221. The molecule has 8 nitrogen and oxygen atoms in total. The predicted octanol–water partition coefficient (Wildman–Crippen LogP) is 6.27. The average molecular weight is 601 g/mol. The molecule has 0 unspecified atom stereocenters. The number of aryl methyl sites for hydroxylation is 1. The zero-order valence-corrected chi connectivity index (χ0v) is 24.2. The van der Waals surface area contributed by atoms with Crippen LogP contribution in [0.2, 0.25) is 0 Å². The largest absolute Gasteiger partial charge is 0.302 e. The van der Waals surface area contributed by atoms with E-state index in [1.54, 1.807) is 41.0 Å². The summed E-state index contributed by atoms with van der Waals surface area (Å²) in [6.45, 7) is 3.66. The summed E-state index contributed by atoms with van der Waals surface area (Å²) in [7, 11) is -8.74. The van der Waals surface area contributed by atoms with Crippen molar-refractivity contribution in [2.75, 3.05) is 4.72 Å². The molecule has 0 fully saturated rings. The van der Waals surface area contributed by atoms with Crippen molar-refractivity contribution in [3.63, 3.8) is 0 Å². The molecule has 0 aliphatic carbocycles. The second-order valence-electron chi connectivity index (χ2n) is 9.89. The molecule has 0 spiro atoms. The number of halogens is 1. The number of para-hydroxylation sites is 2. The number of rotatable bonds is 7. The quantitative estimate of drug-likeness (QED) is 0.231. The van der Waals surface area contributed by atoms with Gasteiger partial charge in [-0.25, -0.2) is 31.2 Å². The third-order valence-corrected chi connectivity index (χ3v) is 10.2. The zero-order chi connectivity index (χ0) is 29.6. The monoisotopic (exact) mass is 600 g/mol. The lowest BCUT2D eigenvalue weighted by Gasteiger charge is -2.20. The summed E-state index contributed by atoms with van der Waals surface area (Å²) in [5.74, 6) is -0.829. The Morgan fingerprint density at radius 2 is 1.31 bits per heavy atom. The van der Waals surface area contributed by atoms with Crippen LogP contribution in [0, 0.1) is 12.7 Å². The lowest BCUT2D eigenvalue weighted by molar-refractivity contribution is 0.595. The summed E-state index contributed by atoms with van der Waals surface area (Å²) in [6.07, 6.45) is 0. The third kappa shape index (κ3) is 4.80. The lowest BCUT2D eigenvalue weighted by atomic mass is 10.1. The first-order valence-corrected chi connectivity index (χ1v) is 16.0. The minimum Gasteiger partial charge on any atom is -0.302 e. The highest BCUT2D eigenvalue weighted by Gasteiger charge is 2.35. The van der Waals surface area contributed by atoms with E-state index in [4.69, 9.17) is 9.97 Å². The number of sulfone groups is 1. The highest BCUT2D eigenvalue weighted by atomic mass is 32.2. The van der Waals surface area contributed by atoms with Crippen molar-refractivity contribution in [3.8, 4) is 0 Å². The van der Waals surface area contributed by atoms with E-state index in [2.05, 4.69) is 4.72 Å². The molecule has 11 heteroatoms. The van der Waals surface area contributed by atoms with Crippen LogP contribution in [0.3, 0.4) is 0 Å². The number of benzene rings is 4. The Morgan fingerprint density at radius 3 is 1.95 bits per heavy atom. The van der Waals surface area contributed by atoms with Crippen LogP contribution < -0.4 is 4.72 Å². The topological polar surface area (TPSA) is 111 Å². The fourth-order valence-corrected chi connectivity index (χ4v) is 7.54. The van der Waals surface area contributed by atoms with Gasteiger partial charge in [0, 0.05) is 0 Å². The van der Waals surface area contributed by atoms with E-state index in [1.807, 2.05) is 44.2 Å². The van der Waals surface area contributed by atoms with Gasteiger partial charge in [-0.3, -0.25) is 4.72 Å². The van der Waals surface area contributed by atoms with Gasteiger partial charge in [0.05, 0.1) is 26.9 Å². The summed E-state index contributed by atoms with van der Waals surface area (Å²) in [5, 5.41) is 0. The third-order valence-electron chi connectivity index (χ3n) is 7.08. The van der Waals surface area contributed by atoms with Crippen LogP contribution in [0.4, 0.5) is 10.2 Å². The van der Waals surface area contributed by atoms with E-state index >= 15 is 0 Å². The maximum absolute atomic E-state index is 14.4. The molecule has 6 aromatic rings. The van der Waals surface area contributed by atoms with Crippen LogP contribution in [-0.2, 0) is 19.9 Å². The van der Waals surface area contributed by atoms with Crippen LogP contribution >= 0.6 is 0 Å². The number of hydrogen-bond acceptors (Lipinski definition) is 6. The highest BCUT2D eigenvalue weighted by Crippen LogP contribution is 2.41. The van der Waals surface area contributed by atoms with E-state index in [0.29, 0.717) is 11.0 Å². The SMILES string of the molecule is Cc1ccc(S(=O)(=O)c2c(NS(=O)(=O)c3ccc(F)cc3)n([C@H](C)c3ccccc3)c3nc4ccccc4nc23)cc1. The van der Waals surface area contributed by atoms with Gasteiger partial charge in [0.25, 0.3) is 10.0 Å². The lowest BCUT2D eigenvalue weighted by Crippen LogP contribution is -2.20. The van der Waals surface area contributed by atoms with Crippen molar-refractivity contribution in [1.82, 2.24) is 14.5 Å². The van der Waals surface area contributed by atoms with Crippen LogP contribution in [0.1, 0.15) is 24.1 Å². The first kappa shape index (κ1) is 27.6. The average Bonchev–Trinajstić information content (AvgIpc) is 3.28. The molecule has 0 aliphatic rings. The highest BCUT2D eigenvalue weighted by molar-refractivity contribution is 7.93. The van der Waals surface area contributed by atoms with Gasteiger partial charge >= 0.3 is 0 Å². The Morgan fingerprint density at radius 1 is 0.738 bits per heavy atom. The Balaban J connectivity index is 1.73. The fourth-order valence-electron chi connectivity index (χ4n) is 4.88. The first-order valence-electron chi connectivity index (χ1n) is 13.0. The number of sulfonamides is 1. The molecular formula is C31H25FN4O4S2. The summed E-state index contributed by atoms with van der Waals surface area (Å²) < 4.78 is 73.9. The van der Waals surface area contributed by atoms with E-state index < -0.39 is 31.7 Å². The molecule has 0 radical (unpaired) electrons. The Hall–Kier alpha value is -4.61. The number of fused-ring (bicyclic) bond motifs is 2. The van der Waals surface area contributed by atoms with E-state index in [9.17, 15) is 21.2 Å². The summed E-state index contributed by atoms with van der Waals surface area (Å²) in [5.41, 5.74) is 2.81. The number of nitrogens with one attached hydrogen (secondary N) is 1.